The van der Waals surface area contributed by atoms with E-state index in [1.807, 2.05) is 0 Å². The summed E-state index contributed by atoms with van der Waals surface area (Å²) in [7, 11) is 1.77. The Bertz CT molecular complexity index is 866. The Hall–Kier alpha value is -2.83. The lowest BCUT2D eigenvalue weighted by molar-refractivity contribution is -0.137. The van der Waals surface area contributed by atoms with Crippen LogP contribution in [0, 0.1) is 0 Å². The SMILES string of the molecule is Cn1cc(C(=O)Nc2ccc(C(F)(F)F)cc2)c2cccnc21. The van der Waals surface area contributed by atoms with Gasteiger partial charge < -0.3 is 9.88 Å². The summed E-state index contributed by atoms with van der Waals surface area (Å²) in [4.78, 5) is 16.5. The van der Waals surface area contributed by atoms with E-state index in [1.165, 1.54) is 12.1 Å². The molecule has 0 aliphatic carbocycles. The average molecular weight is 319 g/mol. The quantitative estimate of drug-likeness (QED) is 0.780. The molecule has 0 aliphatic heterocycles. The molecular weight excluding hydrogens is 307 g/mol. The first kappa shape index (κ1) is 15.1. The third-order valence-electron chi connectivity index (χ3n) is 3.45. The molecule has 1 amide bonds. The summed E-state index contributed by atoms with van der Waals surface area (Å²) in [5.74, 6) is -0.400. The largest absolute Gasteiger partial charge is 0.416 e. The van der Waals surface area contributed by atoms with Crippen molar-refractivity contribution in [3.05, 3.63) is 59.9 Å². The standard InChI is InChI=1S/C16H12F3N3O/c1-22-9-13(12-3-2-8-20-14(12)22)15(23)21-11-6-4-10(5-7-11)16(17,18)19/h2-9H,1H3,(H,21,23). The number of carbonyl (C=O) groups excluding carboxylic acids is 1. The lowest BCUT2D eigenvalue weighted by atomic mass is 10.2. The van der Waals surface area contributed by atoms with E-state index in [-0.39, 0.29) is 0 Å². The maximum Gasteiger partial charge on any atom is 0.416 e. The first-order valence-corrected chi connectivity index (χ1v) is 6.75. The highest BCUT2D eigenvalue weighted by Crippen LogP contribution is 2.30. The fourth-order valence-corrected chi connectivity index (χ4v) is 2.33. The van der Waals surface area contributed by atoms with Crippen molar-refractivity contribution in [1.82, 2.24) is 9.55 Å². The van der Waals surface area contributed by atoms with Crippen molar-refractivity contribution in [3.63, 3.8) is 0 Å². The minimum Gasteiger partial charge on any atom is -0.335 e. The minimum absolute atomic E-state index is 0.295. The Morgan fingerprint density at radius 1 is 1.17 bits per heavy atom. The van der Waals surface area contributed by atoms with Crippen LogP contribution in [0.25, 0.3) is 11.0 Å². The van der Waals surface area contributed by atoms with Gasteiger partial charge in [0.15, 0.2) is 0 Å². The predicted octanol–water partition coefficient (Wildman–Crippen LogP) is 3.84. The van der Waals surface area contributed by atoms with Crippen molar-refractivity contribution in [1.29, 1.82) is 0 Å². The smallest absolute Gasteiger partial charge is 0.335 e. The molecule has 0 atom stereocenters. The number of aromatic nitrogens is 2. The number of amides is 1. The number of alkyl halides is 3. The van der Waals surface area contributed by atoms with Crippen LogP contribution in [0.3, 0.4) is 0 Å². The van der Waals surface area contributed by atoms with Gasteiger partial charge in [-0.1, -0.05) is 0 Å². The van der Waals surface area contributed by atoms with Crippen LogP contribution in [0.4, 0.5) is 18.9 Å². The Morgan fingerprint density at radius 3 is 2.52 bits per heavy atom. The van der Waals surface area contributed by atoms with E-state index in [4.69, 9.17) is 0 Å². The highest BCUT2D eigenvalue weighted by Gasteiger charge is 2.30. The fourth-order valence-electron chi connectivity index (χ4n) is 2.33. The molecule has 7 heteroatoms. The topological polar surface area (TPSA) is 46.9 Å². The number of anilines is 1. The number of pyridine rings is 1. The van der Waals surface area contributed by atoms with Crippen LogP contribution in [0.1, 0.15) is 15.9 Å². The van der Waals surface area contributed by atoms with Gasteiger partial charge >= 0.3 is 6.18 Å². The van der Waals surface area contributed by atoms with E-state index < -0.39 is 17.6 Å². The average Bonchev–Trinajstić information content (AvgIpc) is 2.85. The highest BCUT2D eigenvalue weighted by molar-refractivity contribution is 6.12. The summed E-state index contributed by atoms with van der Waals surface area (Å²) < 4.78 is 39.3. The molecule has 0 radical (unpaired) electrons. The van der Waals surface area contributed by atoms with Gasteiger partial charge in [0.05, 0.1) is 11.1 Å². The molecule has 0 unspecified atom stereocenters. The van der Waals surface area contributed by atoms with Crippen molar-refractivity contribution in [2.75, 3.05) is 5.32 Å². The molecule has 118 valence electrons. The predicted molar refractivity (Wildman–Crippen MR) is 80.1 cm³/mol. The van der Waals surface area contributed by atoms with E-state index in [2.05, 4.69) is 10.3 Å². The minimum atomic E-state index is -4.40. The van der Waals surface area contributed by atoms with Crippen LogP contribution in [0.15, 0.2) is 48.8 Å². The van der Waals surface area contributed by atoms with Crippen molar-refractivity contribution in [2.45, 2.75) is 6.18 Å². The first-order chi connectivity index (χ1) is 10.9. The van der Waals surface area contributed by atoms with Crippen LogP contribution in [0.2, 0.25) is 0 Å². The maximum atomic E-state index is 12.5. The van der Waals surface area contributed by atoms with Crippen molar-refractivity contribution >= 4 is 22.6 Å². The van der Waals surface area contributed by atoms with Crippen LogP contribution in [-0.2, 0) is 13.2 Å². The number of rotatable bonds is 2. The zero-order chi connectivity index (χ0) is 16.6. The summed E-state index contributed by atoms with van der Waals surface area (Å²) in [6, 6.07) is 7.80. The number of nitrogens with one attached hydrogen (secondary N) is 1. The molecule has 0 aliphatic rings. The molecule has 0 bridgehead atoms. The molecular formula is C16H12F3N3O. The van der Waals surface area contributed by atoms with E-state index in [0.717, 1.165) is 12.1 Å². The second kappa shape index (κ2) is 5.42. The molecule has 0 spiro atoms. The Morgan fingerprint density at radius 2 is 1.87 bits per heavy atom. The molecule has 4 nitrogen and oxygen atoms in total. The van der Waals surface area contributed by atoms with Gasteiger partial charge in [-0.2, -0.15) is 13.2 Å². The molecule has 0 fully saturated rings. The number of nitrogens with zero attached hydrogens (tertiary/aromatic N) is 2. The zero-order valence-corrected chi connectivity index (χ0v) is 12.1. The van der Waals surface area contributed by atoms with E-state index >= 15 is 0 Å². The molecule has 2 heterocycles. The van der Waals surface area contributed by atoms with Crippen molar-refractivity contribution in [2.24, 2.45) is 7.05 Å². The van der Waals surface area contributed by atoms with Gasteiger partial charge in [-0.05, 0) is 36.4 Å². The maximum absolute atomic E-state index is 12.5. The van der Waals surface area contributed by atoms with Crippen LogP contribution < -0.4 is 5.32 Å². The highest BCUT2D eigenvalue weighted by atomic mass is 19.4. The summed E-state index contributed by atoms with van der Waals surface area (Å²) in [6.07, 6.45) is -1.14. The molecule has 0 saturated carbocycles. The molecule has 1 aromatic carbocycles. The molecule has 2 aromatic heterocycles. The number of halogens is 3. The number of carbonyl (C=O) groups is 1. The number of benzene rings is 1. The third kappa shape index (κ3) is 2.90. The van der Waals surface area contributed by atoms with Crippen molar-refractivity contribution in [3.8, 4) is 0 Å². The molecule has 1 N–H and O–H groups in total. The van der Waals surface area contributed by atoms with Gasteiger partial charge in [0.25, 0.3) is 5.91 Å². The fraction of sp³-hybridized carbons (Fsp3) is 0.125. The van der Waals surface area contributed by atoms with Gasteiger partial charge in [-0.15, -0.1) is 0 Å². The Kier molecular flexibility index (Phi) is 3.55. The van der Waals surface area contributed by atoms with Gasteiger partial charge in [-0.3, -0.25) is 4.79 Å². The van der Waals surface area contributed by atoms with Crippen molar-refractivity contribution < 1.29 is 18.0 Å². The first-order valence-electron chi connectivity index (χ1n) is 6.75. The van der Waals surface area contributed by atoms with Gasteiger partial charge in [-0.25, -0.2) is 4.98 Å². The van der Waals surface area contributed by atoms with E-state index in [0.29, 0.717) is 22.3 Å². The summed E-state index contributed by atoms with van der Waals surface area (Å²) in [5.41, 5.74) is 0.606. The lowest BCUT2D eigenvalue weighted by Gasteiger charge is -2.08. The summed E-state index contributed by atoms with van der Waals surface area (Å²) >= 11 is 0. The zero-order valence-electron chi connectivity index (χ0n) is 12.1. The van der Waals surface area contributed by atoms with E-state index in [9.17, 15) is 18.0 Å². The number of hydrogen-bond acceptors (Lipinski definition) is 2. The number of aryl methyl sites for hydroxylation is 1. The molecule has 3 rings (SSSR count). The number of fused-ring (bicyclic) bond motifs is 1. The number of hydrogen-bond donors (Lipinski definition) is 1. The van der Waals surface area contributed by atoms with Gasteiger partial charge in [0, 0.05) is 30.5 Å². The van der Waals surface area contributed by atoms with Crippen LogP contribution in [0.5, 0.6) is 0 Å². The van der Waals surface area contributed by atoms with Gasteiger partial charge in [0.1, 0.15) is 5.65 Å². The third-order valence-corrected chi connectivity index (χ3v) is 3.45. The monoisotopic (exact) mass is 319 g/mol. The van der Waals surface area contributed by atoms with Crippen LogP contribution in [-0.4, -0.2) is 15.5 Å². The molecule has 23 heavy (non-hydrogen) atoms. The Balaban J connectivity index is 1.86. The summed E-state index contributed by atoms with van der Waals surface area (Å²) in [6.45, 7) is 0. The second-order valence-electron chi connectivity index (χ2n) is 5.06. The lowest BCUT2D eigenvalue weighted by Crippen LogP contribution is -2.12. The normalized spacial score (nSPS) is 11.7. The molecule has 0 saturated heterocycles. The Labute approximate surface area is 129 Å². The molecule has 3 aromatic rings. The van der Waals surface area contributed by atoms with Gasteiger partial charge in [0.2, 0.25) is 0 Å². The summed E-state index contributed by atoms with van der Waals surface area (Å²) in [5, 5.41) is 3.27. The van der Waals surface area contributed by atoms with E-state index in [1.54, 1.807) is 36.1 Å². The van der Waals surface area contributed by atoms with Crippen LogP contribution >= 0.6 is 0 Å². The second-order valence-corrected chi connectivity index (χ2v) is 5.06.